The molecule has 0 aromatic heterocycles. The summed E-state index contributed by atoms with van der Waals surface area (Å²) in [5.41, 5.74) is 3.33. The molecular weight excluding hydrogens is 321 g/mol. The van der Waals surface area contributed by atoms with Crippen molar-refractivity contribution in [3.63, 3.8) is 0 Å². The molecule has 118 valence electrons. The second-order valence-corrected chi connectivity index (χ2v) is 4.46. The van der Waals surface area contributed by atoms with Gasteiger partial charge in [0.1, 0.15) is 6.04 Å². The Hall–Kier alpha value is -1.41. The highest BCUT2D eigenvalue weighted by Gasteiger charge is 2.48. The number of alkyl halides is 5. The number of benzene rings is 1. The van der Waals surface area contributed by atoms with Crippen molar-refractivity contribution in [2.45, 2.75) is 25.1 Å². The first kappa shape index (κ1) is 17.6. The quantitative estimate of drug-likeness (QED) is 0.678. The molecule has 21 heavy (non-hydrogen) atoms. The van der Waals surface area contributed by atoms with Gasteiger partial charge in [-0.25, -0.2) is 4.79 Å². The van der Waals surface area contributed by atoms with Crippen LogP contribution in [0.25, 0.3) is 0 Å². The van der Waals surface area contributed by atoms with Crippen LogP contribution >= 0.6 is 11.6 Å². The third-order valence-corrected chi connectivity index (χ3v) is 2.94. The van der Waals surface area contributed by atoms with Gasteiger partial charge in [-0.1, -0.05) is 11.6 Å². The van der Waals surface area contributed by atoms with Crippen LogP contribution in [0.2, 0.25) is 5.02 Å². The average molecular weight is 332 g/mol. The monoisotopic (exact) mass is 331 g/mol. The number of carbonyl (C=O) groups is 1. The Morgan fingerprint density at radius 2 is 1.90 bits per heavy atom. The number of halogens is 6. The fourth-order valence-electron chi connectivity index (χ4n) is 1.51. The van der Waals surface area contributed by atoms with E-state index in [-0.39, 0.29) is 6.61 Å². The second-order valence-electron chi connectivity index (χ2n) is 4.06. The van der Waals surface area contributed by atoms with Crippen molar-refractivity contribution in [3.05, 3.63) is 34.3 Å². The number of hydrogen-bond acceptors (Lipinski definition) is 3. The Morgan fingerprint density at radius 3 is 2.38 bits per heavy atom. The van der Waals surface area contributed by atoms with E-state index in [0.29, 0.717) is 12.1 Å². The van der Waals surface area contributed by atoms with Gasteiger partial charge in [0.25, 0.3) is 0 Å². The first-order valence-electron chi connectivity index (χ1n) is 5.69. The van der Waals surface area contributed by atoms with Crippen molar-refractivity contribution in [1.29, 1.82) is 0 Å². The summed E-state index contributed by atoms with van der Waals surface area (Å²) in [6, 6.07) is -0.548. The fourth-order valence-corrected chi connectivity index (χ4v) is 1.74. The number of ether oxygens (including phenoxy) is 1. The molecule has 0 aliphatic rings. The van der Waals surface area contributed by atoms with E-state index in [1.165, 1.54) is 6.92 Å². The van der Waals surface area contributed by atoms with Gasteiger partial charge >= 0.3 is 18.1 Å². The molecule has 0 fully saturated rings. The Labute approximate surface area is 121 Å². The molecule has 0 heterocycles. The Bertz CT molecular complexity index is 533. The molecule has 9 heteroatoms. The predicted octanol–water partition coefficient (Wildman–Crippen LogP) is 3.56. The van der Waals surface area contributed by atoms with Crippen molar-refractivity contribution in [2.75, 3.05) is 6.61 Å². The Kier molecular flexibility index (Phi) is 5.16. The molecule has 0 saturated carbocycles. The summed E-state index contributed by atoms with van der Waals surface area (Å²) in [6.45, 7) is 0.980. The number of nitrogens with two attached hydrogens (primary N) is 1. The summed E-state index contributed by atoms with van der Waals surface area (Å²) in [6.07, 6.45) is -4.75. The SMILES string of the molecule is CCOC(=O)C(F)(F)[C@@H](N)c1cc(C(F)(F)F)ccc1Cl. The zero-order valence-corrected chi connectivity index (χ0v) is 11.4. The van der Waals surface area contributed by atoms with Crippen LogP contribution in [0.15, 0.2) is 18.2 Å². The van der Waals surface area contributed by atoms with E-state index in [9.17, 15) is 26.7 Å². The van der Waals surface area contributed by atoms with Crippen LogP contribution < -0.4 is 5.73 Å². The summed E-state index contributed by atoms with van der Waals surface area (Å²) in [5.74, 6) is -6.13. The third-order valence-electron chi connectivity index (χ3n) is 2.60. The maximum Gasteiger partial charge on any atom is 0.416 e. The van der Waals surface area contributed by atoms with Crippen LogP contribution in [0, 0.1) is 0 Å². The van der Waals surface area contributed by atoms with E-state index in [4.69, 9.17) is 17.3 Å². The minimum Gasteiger partial charge on any atom is -0.462 e. The minimum atomic E-state index is -4.75. The number of rotatable bonds is 4. The molecule has 1 rings (SSSR count). The van der Waals surface area contributed by atoms with Gasteiger partial charge in [-0.05, 0) is 30.7 Å². The van der Waals surface area contributed by atoms with Crippen molar-refractivity contribution in [3.8, 4) is 0 Å². The molecule has 1 aromatic carbocycles. The maximum atomic E-state index is 13.8. The van der Waals surface area contributed by atoms with Gasteiger partial charge < -0.3 is 10.5 Å². The summed E-state index contributed by atoms with van der Waals surface area (Å²) in [5, 5.41) is -0.403. The van der Waals surface area contributed by atoms with Gasteiger partial charge in [-0.3, -0.25) is 0 Å². The molecule has 0 spiro atoms. The van der Waals surface area contributed by atoms with E-state index in [0.717, 1.165) is 6.07 Å². The Morgan fingerprint density at radius 1 is 1.33 bits per heavy atom. The zero-order valence-electron chi connectivity index (χ0n) is 10.7. The van der Waals surface area contributed by atoms with Crippen molar-refractivity contribution in [2.24, 2.45) is 5.73 Å². The molecule has 1 atom stereocenters. The van der Waals surface area contributed by atoms with Gasteiger partial charge in [-0.15, -0.1) is 0 Å². The lowest BCUT2D eigenvalue weighted by atomic mass is 9.99. The molecule has 2 N–H and O–H groups in total. The van der Waals surface area contributed by atoms with Crippen LogP contribution in [-0.2, 0) is 15.7 Å². The molecule has 0 unspecified atom stereocenters. The smallest absolute Gasteiger partial charge is 0.416 e. The molecule has 0 aliphatic carbocycles. The van der Waals surface area contributed by atoms with Gasteiger partial charge in [0.2, 0.25) is 0 Å². The van der Waals surface area contributed by atoms with Gasteiger partial charge in [-0.2, -0.15) is 22.0 Å². The highest BCUT2D eigenvalue weighted by atomic mass is 35.5. The topological polar surface area (TPSA) is 52.3 Å². The van der Waals surface area contributed by atoms with Gasteiger partial charge in [0, 0.05) is 5.02 Å². The standard InChI is InChI=1S/C12H11ClF5NO2/c1-2-21-10(20)11(14,15)9(19)7-5-6(12(16,17)18)3-4-8(7)13/h3-5,9H,2,19H2,1H3/t9-/m0/s1. The molecular formula is C12H11ClF5NO2. The van der Waals surface area contributed by atoms with Gasteiger partial charge in [0.05, 0.1) is 12.2 Å². The molecule has 0 aliphatic heterocycles. The lowest BCUT2D eigenvalue weighted by Gasteiger charge is -2.23. The first-order valence-corrected chi connectivity index (χ1v) is 6.06. The largest absolute Gasteiger partial charge is 0.462 e. The molecule has 0 radical (unpaired) electrons. The molecule has 0 bridgehead atoms. The number of esters is 1. The fraction of sp³-hybridized carbons (Fsp3) is 0.417. The van der Waals surface area contributed by atoms with Crippen molar-refractivity contribution < 1.29 is 31.5 Å². The minimum absolute atomic E-state index is 0.322. The van der Waals surface area contributed by atoms with Crippen molar-refractivity contribution >= 4 is 17.6 Å². The molecule has 1 aromatic rings. The van der Waals surface area contributed by atoms with Crippen LogP contribution in [0.1, 0.15) is 24.1 Å². The van der Waals surface area contributed by atoms with E-state index < -0.39 is 40.3 Å². The summed E-state index contributed by atoms with van der Waals surface area (Å²) in [4.78, 5) is 11.2. The normalized spacial score (nSPS) is 13.9. The highest BCUT2D eigenvalue weighted by molar-refractivity contribution is 6.31. The van der Waals surface area contributed by atoms with E-state index in [1.807, 2.05) is 0 Å². The zero-order chi connectivity index (χ0) is 16.4. The maximum absolute atomic E-state index is 13.8. The van der Waals surface area contributed by atoms with Crippen LogP contribution in [0.4, 0.5) is 22.0 Å². The first-order chi connectivity index (χ1) is 9.51. The average Bonchev–Trinajstić information content (AvgIpc) is 2.37. The number of carbonyl (C=O) groups excluding carboxylic acids is 1. The van der Waals surface area contributed by atoms with E-state index in [2.05, 4.69) is 4.74 Å². The highest BCUT2D eigenvalue weighted by Crippen LogP contribution is 2.38. The van der Waals surface area contributed by atoms with Gasteiger partial charge in [0.15, 0.2) is 0 Å². The summed E-state index contributed by atoms with van der Waals surface area (Å²) < 4.78 is 69.4. The predicted molar refractivity (Wildman–Crippen MR) is 65.0 cm³/mol. The summed E-state index contributed by atoms with van der Waals surface area (Å²) >= 11 is 5.60. The molecule has 0 saturated heterocycles. The van der Waals surface area contributed by atoms with Crippen LogP contribution in [0.3, 0.4) is 0 Å². The number of hydrogen-bond donors (Lipinski definition) is 1. The summed E-state index contributed by atoms with van der Waals surface area (Å²) in [7, 11) is 0. The van der Waals surface area contributed by atoms with Crippen LogP contribution in [0.5, 0.6) is 0 Å². The lowest BCUT2D eigenvalue weighted by Crippen LogP contribution is -2.42. The third kappa shape index (κ3) is 3.82. The molecule has 0 amide bonds. The second kappa shape index (κ2) is 6.15. The van der Waals surface area contributed by atoms with Crippen molar-refractivity contribution in [1.82, 2.24) is 0 Å². The van der Waals surface area contributed by atoms with E-state index in [1.54, 1.807) is 0 Å². The van der Waals surface area contributed by atoms with Crippen LogP contribution in [-0.4, -0.2) is 18.5 Å². The lowest BCUT2D eigenvalue weighted by molar-refractivity contribution is -0.174. The van der Waals surface area contributed by atoms with E-state index >= 15 is 0 Å². The Balaban J connectivity index is 3.23. The molecule has 3 nitrogen and oxygen atoms in total.